The number of piperidine rings is 1. The van der Waals surface area contributed by atoms with Crippen LogP contribution < -0.4 is 5.73 Å². The predicted molar refractivity (Wildman–Crippen MR) is 126 cm³/mol. The molecule has 12 heteroatoms. The molecule has 0 aromatic heterocycles. The van der Waals surface area contributed by atoms with Crippen molar-refractivity contribution in [1.29, 1.82) is 0 Å². The van der Waals surface area contributed by atoms with E-state index in [1.54, 1.807) is 6.92 Å². The van der Waals surface area contributed by atoms with Gasteiger partial charge < -0.3 is 15.4 Å². The number of hydrogen-bond acceptors (Lipinski definition) is 5. The van der Waals surface area contributed by atoms with Crippen LogP contribution in [0.25, 0.3) is 6.08 Å². The normalized spacial score (nSPS) is 16.7. The van der Waals surface area contributed by atoms with Crippen LogP contribution in [0, 0.1) is 5.92 Å². The first kappa shape index (κ1) is 28.4. The summed E-state index contributed by atoms with van der Waals surface area (Å²) < 4.78 is 88.9. The molecule has 1 unspecified atom stereocenters. The van der Waals surface area contributed by atoms with E-state index >= 15 is 0 Å². The van der Waals surface area contributed by atoms with E-state index in [4.69, 9.17) is 10.5 Å². The van der Waals surface area contributed by atoms with E-state index in [-0.39, 0.29) is 30.3 Å². The molecular weight excluding hydrogens is 522 g/mol. The molecule has 0 radical (unpaired) electrons. The number of carbonyl (C=O) groups is 2. The van der Waals surface area contributed by atoms with Gasteiger partial charge in [0.25, 0.3) is 0 Å². The molecule has 0 bridgehead atoms. The number of anilines is 1. The molecule has 1 amide bonds. The van der Waals surface area contributed by atoms with E-state index < -0.39 is 51.7 Å². The summed E-state index contributed by atoms with van der Waals surface area (Å²) in [5.74, 6) is -1.77. The molecule has 200 valence electrons. The molecule has 2 N–H and O–H groups in total. The molecule has 1 fully saturated rings. The third kappa shape index (κ3) is 7.21. The molecule has 2 aromatic rings. The van der Waals surface area contributed by atoms with Crippen molar-refractivity contribution < 1.29 is 40.7 Å². The zero-order chi connectivity index (χ0) is 27.4. The third-order valence-electron chi connectivity index (χ3n) is 5.61. The van der Waals surface area contributed by atoms with E-state index in [1.165, 1.54) is 29.2 Å². The van der Waals surface area contributed by atoms with Crippen LogP contribution in [0.4, 0.5) is 32.0 Å². The van der Waals surface area contributed by atoms with Crippen LogP contribution in [-0.4, -0.2) is 36.5 Å². The summed E-state index contributed by atoms with van der Waals surface area (Å²) >= 11 is 0.505. The molecule has 5 nitrogen and oxygen atoms in total. The summed E-state index contributed by atoms with van der Waals surface area (Å²) in [4.78, 5) is 25.5. The van der Waals surface area contributed by atoms with Gasteiger partial charge in [0.2, 0.25) is 5.91 Å². The molecule has 1 heterocycles. The number of nitrogens with zero attached hydrogens (tertiary/aromatic N) is 1. The standard InChI is InChI=1S/C25H24F6N2O3S/c1-2-36-23(35)16-5-4-12-33(14-16)20(34)11-9-15-8-10-19(37-18-7-3-6-17(32)13-18)22(25(29,30)31)21(15)24(26,27)28/h3,6-11,13,16H,2,4-5,12,14,32H2,1H3. The molecule has 0 spiro atoms. The first-order valence-electron chi connectivity index (χ1n) is 11.3. The van der Waals surface area contributed by atoms with Crippen LogP contribution in [0.5, 0.6) is 0 Å². The van der Waals surface area contributed by atoms with Gasteiger partial charge in [-0.3, -0.25) is 9.59 Å². The lowest BCUT2D eigenvalue weighted by atomic mass is 9.97. The summed E-state index contributed by atoms with van der Waals surface area (Å²) in [6, 6.07) is 7.60. The zero-order valence-corrected chi connectivity index (χ0v) is 20.5. The Labute approximate surface area is 213 Å². The Hall–Kier alpha value is -3.15. The van der Waals surface area contributed by atoms with Gasteiger partial charge in [0.05, 0.1) is 23.7 Å². The summed E-state index contributed by atoms with van der Waals surface area (Å²) in [5.41, 5.74) is 1.35. The van der Waals surface area contributed by atoms with E-state index in [2.05, 4.69) is 0 Å². The molecule has 37 heavy (non-hydrogen) atoms. The monoisotopic (exact) mass is 546 g/mol. The van der Waals surface area contributed by atoms with Gasteiger partial charge in [0.1, 0.15) is 0 Å². The highest BCUT2D eigenvalue weighted by Crippen LogP contribution is 2.48. The Kier molecular flexibility index (Phi) is 8.83. The molecule has 2 aromatic carbocycles. The van der Waals surface area contributed by atoms with Crippen molar-refractivity contribution in [2.24, 2.45) is 5.92 Å². The van der Waals surface area contributed by atoms with E-state index in [0.717, 1.165) is 24.3 Å². The Morgan fingerprint density at radius 3 is 2.43 bits per heavy atom. The maximum atomic E-state index is 14.0. The quantitative estimate of drug-likeness (QED) is 0.200. The highest BCUT2D eigenvalue weighted by molar-refractivity contribution is 7.99. The average Bonchev–Trinajstić information content (AvgIpc) is 2.81. The van der Waals surface area contributed by atoms with Crippen molar-refractivity contribution in [2.45, 2.75) is 41.9 Å². The number of nitrogens with two attached hydrogens (primary N) is 1. The second kappa shape index (κ2) is 11.5. The minimum atomic E-state index is -5.36. The number of alkyl halides is 6. The number of nitrogen functional groups attached to an aromatic ring is 1. The van der Waals surface area contributed by atoms with Crippen LogP contribution >= 0.6 is 11.8 Å². The van der Waals surface area contributed by atoms with Crippen molar-refractivity contribution in [2.75, 3.05) is 25.4 Å². The second-order valence-corrected chi connectivity index (χ2v) is 9.40. The number of hydrogen-bond donors (Lipinski definition) is 1. The largest absolute Gasteiger partial charge is 0.466 e. The Morgan fingerprint density at radius 1 is 1.11 bits per heavy atom. The van der Waals surface area contributed by atoms with Crippen molar-refractivity contribution >= 4 is 35.4 Å². The van der Waals surface area contributed by atoms with E-state index in [9.17, 15) is 35.9 Å². The number of halogens is 6. The lowest BCUT2D eigenvalue weighted by Gasteiger charge is -2.30. The maximum absolute atomic E-state index is 14.0. The van der Waals surface area contributed by atoms with Crippen LogP contribution in [0.2, 0.25) is 0 Å². The molecule has 0 aliphatic carbocycles. The van der Waals surface area contributed by atoms with Crippen molar-refractivity contribution in [3.05, 3.63) is 59.2 Å². The van der Waals surface area contributed by atoms with Crippen LogP contribution in [-0.2, 0) is 26.7 Å². The van der Waals surface area contributed by atoms with Crippen molar-refractivity contribution in [1.82, 2.24) is 4.90 Å². The minimum Gasteiger partial charge on any atom is -0.466 e. The highest BCUT2D eigenvalue weighted by Gasteiger charge is 2.46. The first-order chi connectivity index (χ1) is 17.3. The van der Waals surface area contributed by atoms with E-state index in [1.807, 2.05) is 0 Å². The van der Waals surface area contributed by atoms with Gasteiger partial charge in [-0.15, -0.1) is 0 Å². The number of ether oxygens (including phenoxy) is 1. The number of esters is 1. The first-order valence-corrected chi connectivity index (χ1v) is 12.1. The zero-order valence-electron chi connectivity index (χ0n) is 19.7. The van der Waals surface area contributed by atoms with Crippen LogP contribution in [0.1, 0.15) is 36.5 Å². The van der Waals surface area contributed by atoms with Gasteiger partial charge in [-0.05, 0) is 55.7 Å². The molecule has 0 saturated carbocycles. The topological polar surface area (TPSA) is 72.6 Å². The number of benzene rings is 2. The van der Waals surface area contributed by atoms with Crippen molar-refractivity contribution in [3.8, 4) is 0 Å². The Bertz CT molecular complexity index is 1180. The molecule has 1 saturated heterocycles. The predicted octanol–water partition coefficient (Wildman–Crippen LogP) is 6.27. The maximum Gasteiger partial charge on any atom is 0.418 e. The average molecular weight is 547 g/mol. The summed E-state index contributed by atoms with van der Waals surface area (Å²) in [6.45, 7) is 2.07. The summed E-state index contributed by atoms with van der Waals surface area (Å²) in [6.07, 6.45) is -8.20. The van der Waals surface area contributed by atoms with E-state index in [0.29, 0.717) is 24.6 Å². The SMILES string of the molecule is CCOC(=O)C1CCCN(C(=O)C=Cc2ccc(Sc3cccc(N)c3)c(C(F)(F)F)c2C(F)(F)F)C1. The van der Waals surface area contributed by atoms with Crippen LogP contribution in [0.15, 0.2) is 52.3 Å². The molecule has 1 aliphatic rings. The summed E-state index contributed by atoms with van der Waals surface area (Å²) in [7, 11) is 0. The number of rotatable bonds is 6. The third-order valence-corrected chi connectivity index (χ3v) is 6.66. The molecule has 1 aliphatic heterocycles. The van der Waals surface area contributed by atoms with Gasteiger partial charge >= 0.3 is 18.3 Å². The van der Waals surface area contributed by atoms with Gasteiger partial charge in [0.15, 0.2) is 0 Å². The number of carbonyl (C=O) groups excluding carboxylic acids is 2. The van der Waals surface area contributed by atoms with Gasteiger partial charge in [-0.2, -0.15) is 26.3 Å². The minimum absolute atomic E-state index is 0.0116. The Morgan fingerprint density at radius 2 is 1.81 bits per heavy atom. The molecular formula is C25H24F6N2O3S. The smallest absolute Gasteiger partial charge is 0.418 e. The van der Waals surface area contributed by atoms with Crippen molar-refractivity contribution in [3.63, 3.8) is 0 Å². The molecule has 1 atom stereocenters. The van der Waals surface area contributed by atoms with Gasteiger partial charge in [-0.1, -0.05) is 23.9 Å². The fraction of sp³-hybridized carbons (Fsp3) is 0.360. The summed E-state index contributed by atoms with van der Waals surface area (Å²) in [5, 5.41) is 0. The Balaban J connectivity index is 1.96. The highest BCUT2D eigenvalue weighted by atomic mass is 32.2. The number of likely N-dealkylation sites (tertiary alicyclic amines) is 1. The van der Waals surface area contributed by atoms with Crippen LogP contribution in [0.3, 0.4) is 0 Å². The van der Waals surface area contributed by atoms with Gasteiger partial charge in [-0.25, -0.2) is 0 Å². The fourth-order valence-electron chi connectivity index (χ4n) is 4.01. The second-order valence-electron chi connectivity index (χ2n) is 8.28. The molecule has 3 rings (SSSR count). The van der Waals surface area contributed by atoms with Gasteiger partial charge in [0, 0.05) is 34.6 Å². The fourth-order valence-corrected chi connectivity index (χ4v) is 5.06. The number of amides is 1. The lowest BCUT2D eigenvalue weighted by Crippen LogP contribution is -2.42. The lowest BCUT2D eigenvalue weighted by molar-refractivity contribution is -0.163.